The van der Waals surface area contributed by atoms with Gasteiger partial charge >= 0.3 is 0 Å². The van der Waals surface area contributed by atoms with Crippen molar-refractivity contribution < 1.29 is 10.2 Å². The molecule has 0 aliphatic rings. The third-order valence-corrected chi connectivity index (χ3v) is 5.16. The normalized spacial score (nSPS) is 10.8. The molecule has 4 aromatic carbocycles. The van der Waals surface area contributed by atoms with Crippen molar-refractivity contribution in [3.05, 3.63) is 96.1 Å². The van der Waals surface area contributed by atoms with E-state index < -0.39 is 0 Å². The van der Waals surface area contributed by atoms with Crippen molar-refractivity contribution in [2.24, 2.45) is 0 Å². The number of aromatic hydroxyl groups is 2. The van der Waals surface area contributed by atoms with Gasteiger partial charge in [0.25, 0.3) is 0 Å². The second-order valence-electron chi connectivity index (χ2n) is 7.09. The van der Waals surface area contributed by atoms with Crippen LogP contribution in [-0.4, -0.2) is 10.2 Å². The summed E-state index contributed by atoms with van der Waals surface area (Å²) >= 11 is 0. The molecule has 2 heteroatoms. The van der Waals surface area contributed by atoms with Gasteiger partial charge in [-0.15, -0.1) is 0 Å². The zero-order valence-corrected chi connectivity index (χ0v) is 16.0. The number of phenolic OH excluding ortho intramolecular Hbond substituents is 2. The molecular weight excluding hydrogens is 344 g/mol. The lowest BCUT2D eigenvalue weighted by Gasteiger charge is -2.15. The van der Waals surface area contributed by atoms with Crippen molar-refractivity contribution in [2.75, 3.05) is 0 Å². The topological polar surface area (TPSA) is 40.5 Å². The summed E-state index contributed by atoms with van der Waals surface area (Å²) in [7, 11) is 0. The molecule has 0 spiro atoms. The largest absolute Gasteiger partial charge is 0.508 e. The molecule has 2 nitrogen and oxygen atoms in total. The van der Waals surface area contributed by atoms with Crippen molar-refractivity contribution in [3.8, 4) is 44.9 Å². The van der Waals surface area contributed by atoms with E-state index in [-0.39, 0.29) is 0 Å². The Labute approximate surface area is 165 Å². The van der Waals surface area contributed by atoms with Crippen molar-refractivity contribution >= 4 is 0 Å². The van der Waals surface area contributed by atoms with E-state index in [1.165, 1.54) is 0 Å². The molecule has 0 amide bonds. The summed E-state index contributed by atoms with van der Waals surface area (Å²) in [5, 5.41) is 19.8. The Balaban J connectivity index is 1.92. The number of aryl methyl sites for hydroxylation is 2. The fourth-order valence-corrected chi connectivity index (χ4v) is 3.59. The Hall–Kier alpha value is -3.52. The van der Waals surface area contributed by atoms with Crippen LogP contribution in [0.4, 0.5) is 0 Å². The number of phenols is 2. The van der Waals surface area contributed by atoms with E-state index in [1.807, 2.05) is 62.4 Å². The Bertz CT molecular complexity index is 1070. The molecule has 0 unspecified atom stereocenters. The smallest absolute Gasteiger partial charge is 0.118 e. The highest BCUT2D eigenvalue weighted by Gasteiger charge is 2.13. The number of rotatable bonds is 3. The lowest BCUT2D eigenvalue weighted by atomic mass is 9.88. The van der Waals surface area contributed by atoms with Crippen molar-refractivity contribution in [3.63, 3.8) is 0 Å². The van der Waals surface area contributed by atoms with E-state index in [4.69, 9.17) is 0 Å². The summed E-state index contributed by atoms with van der Waals surface area (Å²) in [5.41, 5.74) is 8.36. The van der Waals surface area contributed by atoms with Gasteiger partial charge in [0.1, 0.15) is 11.5 Å². The van der Waals surface area contributed by atoms with E-state index in [2.05, 4.69) is 24.3 Å². The second-order valence-corrected chi connectivity index (χ2v) is 7.09. The Morgan fingerprint density at radius 3 is 1.18 bits per heavy atom. The molecule has 0 saturated carbocycles. The van der Waals surface area contributed by atoms with Crippen LogP contribution in [0, 0.1) is 13.8 Å². The maximum atomic E-state index is 9.90. The Morgan fingerprint density at radius 2 is 0.821 bits per heavy atom. The molecule has 0 saturated heterocycles. The first kappa shape index (κ1) is 17.9. The van der Waals surface area contributed by atoms with E-state index >= 15 is 0 Å². The van der Waals surface area contributed by atoms with Crippen LogP contribution in [0.25, 0.3) is 33.4 Å². The van der Waals surface area contributed by atoms with Gasteiger partial charge in [0.05, 0.1) is 0 Å². The molecule has 0 radical (unpaired) electrons. The predicted octanol–water partition coefficient (Wildman–Crippen LogP) is 6.72. The lowest BCUT2D eigenvalue weighted by molar-refractivity contribution is 0.470. The minimum atomic E-state index is 0.307. The van der Waals surface area contributed by atoms with Gasteiger partial charge in [0.2, 0.25) is 0 Å². The Morgan fingerprint density at radius 1 is 0.464 bits per heavy atom. The summed E-state index contributed by atoms with van der Waals surface area (Å²) in [6, 6.07) is 28.1. The van der Waals surface area contributed by atoms with Gasteiger partial charge in [-0.25, -0.2) is 0 Å². The lowest BCUT2D eigenvalue weighted by Crippen LogP contribution is -1.90. The van der Waals surface area contributed by atoms with Crippen LogP contribution < -0.4 is 0 Å². The summed E-state index contributed by atoms with van der Waals surface area (Å²) in [5.74, 6) is 0.613. The van der Waals surface area contributed by atoms with Crippen molar-refractivity contribution in [1.29, 1.82) is 0 Å². The summed E-state index contributed by atoms with van der Waals surface area (Å²) in [6.45, 7) is 3.82. The number of hydrogen-bond donors (Lipinski definition) is 2. The van der Waals surface area contributed by atoms with Gasteiger partial charge in [-0.05, 0) is 82.6 Å². The SMILES string of the molecule is Cc1cc(-c2ccccc2-c2ccccc2-c2ccc(O)c(C)c2)ccc1O. The average Bonchev–Trinajstić information content (AvgIpc) is 2.72. The van der Waals surface area contributed by atoms with Crippen LogP contribution in [0.2, 0.25) is 0 Å². The highest BCUT2D eigenvalue weighted by molar-refractivity contribution is 5.91. The van der Waals surface area contributed by atoms with Gasteiger partial charge in [-0.2, -0.15) is 0 Å². The maximum Gasteiger partial charge on any atom is 0.118 e. The standard InChI is InChI=1S/C26H22O2/c1-17-15-19(11-13-25(17)27)21-7-3-5-9-23(21)24-10-6-4-8-22(24)20-12-14-26(28)18(2)16-20/h3-16,27-28H,1-2H3. The molecule has 0 bridgehead atoms. The first-order valence-electron chi connectivity index (χ1n) is 9.33. The van der Waals surface area contributed by atoms with Crippen LogP contribution in [-0.2, 0) is 0 Å². The van der Waals surface area contributed by atoms with E-state index in [0.29, 0.717) is 11.5 Å². The van der Waals surface area contributed by atoms with Crippen LogP contribution in [0.1, 0.15) is 11.1 Å². The highest BCUT2D eigenvalue weighted by atomic mass is 16.3. The van der Waals surface area contributed by atoms with Crippen molar-refractivity contribution in [1.82, 2.24) is 0 Å². The highest BCUT2D eigenvalue weighted by Crippen LogP contribution is 2.39. The fourth-order valence-electron chi connectivity index (χ4n) is 3.59. The zero-order valence-electron chi connectivity index (χ0n) is 16.0. The molecule has 0 aliphatic carbocycles. The molecule has 4 aromatic rings. The molecule has 4 rings (SSSR count). The number of benzene rings is 4. The first-order valence-corrected chi connectivity index (χ1v) is 9.33. The minimum Gasteiger partial charge on any atom is -0.508 e. The molecule has 2 N–H and O–H groups in total. The first-order chi connectivity index (χ1) is 13.5. The fraction of sp³-hybridized carbons (Fsp3) is 0.0769. The molecule has 0 heterocycles. The van der Waals surface area contributed by atoms with Crippen LogP contribution >= 0.6 is 0 Å². The van der Waals surface area contributed by atoms with E-state index in [0.717, 1.165) is 44.5 Å². The molecule has 0 fully saturated rings. The molecular formula is C26H22O2. The van der Waals surface area contributed by atoms with Crippen LogP contribution in [0.5, 0.6) is 11.5 Å². The van der Waals surface area contributed by atoms with Gasteiger partial charge in [-0.3, -0.25) is 0 Å². The predicted molar refractivity (Wildman–Crippen MR) is 116 cm³/mol. The van der Waals surface area contributed by atoms with Crippen molar-refractivity contribution in [2.45, 2.75) is 13.8 Å². The summed E-state index contributed by atoms with van der Waals surface area (Å²) in [4.78, 5) is 0. The average molecular weight is 366 g/mol. The number of hydrogen-bond acceptors (Lipinski definition) is 2. The summed E-state index contributed by atoms with van der Waals surface area (Å²) < 4.78 is 0. The molecule has 0 atom stereocenters. The molecule has 138 valence electrons. The van der Waals surface area contributed by atoms with Gasteiger partial charge in [0, 0.05) is 0 Å². The maximum absolute atomic E-state index is 9.90. The van der Waals surface area contributed by atoms with E-state index in [1.54, 1.807) is 12.1 Å². The Kier molecular flexibility index (Phi) is 4.62. The van der Waals surface area contributed by atoms with Gasteiger partial charge < -0.3 is 10.2 Å². The third-order valence-electron chi connectivity index (χ3n) is 5.16. The van der Waals surface area contributed by atoms with Crippen LogP contribution in [0.3, 0.4) is 0 Å². The quantitative estimate of drug-likeness (QED) is 0.423. The third kappa shape index (κ3) is 3.25. The minimum absolute atomic E-state index is 0.307. The monoisotopic (exact) mass is 366 g/mol. The van der Waals surface area contributed by atoms with Gasteiger partial charge in [-0.1, -0.05) is 60.7 Å². The van der Waals surface area contributed by atoms with E-state index in [9.17, 15) is 10.2 Å². The summed E-state index contributed by atoms with van der Waals surface area (Å²) in [6.07, 6.45) is 0. The van der Waals surface area contributed by atoms with Crippen LogP contribution in [0.15, 0.2) is 84.9 Å². The zero-order chi connectivity index (χ0) is 19.7. The molecule has 0 aliphatic heterocycles. The molecule has 0 aromatic heterocycles. The molecule has 28 heavy (non-hydrogen) atoms. The van der Waals surface area contributed by atoms with Gasteiger partial charge in [0.15, 0.2) is 0 Å². The second kappa shape index (κ2) is 7.24.